The van der Waals surface area contributed by atoms with Gasteiger partial charge in [0.25, 0.3) is 0 Å². The number of rotatable bonds is 4. The van der Waals surface area contributed by atoms with Gasteiger partial charge in [0.15, 0.2) is 0 Å². The highest BCUT2D eigenvalue weighted by atomic mass is 79.9. The monoisotopic (exact) mass is 330 g/mol. The summed E-state index contributed by atoms with van der Waals surface area (Å²) in [6.07, 6.45) is 1.59. The van der Waals surface area contributed by atoms with Crippen molar-refractivity contribution in [2.24, 2.45) is 0 Å². The van der Waals surface area contributed by atoms with Crippen LogP contribution in [0.25, 0.3) is 10.8 Å². The molecule has 1 heterocycles. The molecule has 20 heavy (non-hydrogen) atoms. The molecule has 0 aliphatic rings. The molecule has 3 rings (SSSR count). The summed E-state index contributed by atoms with van der Waals surface area (Å²) in [7, 11) is 0. The van der Waals surface area contributed by atoms with Gasteiger partial charge >= 0.3 is 0 Å². The fourth-order valence-corrected chi connectivity index (χ4v) is 2.43. The van der Waals surface area contributed by atoms with Crippen LogP contribution in [-0.2, 0) is 6.42 Å². The molecule has 0 spiro atoms. The van der Waals surface area contributed by atoms with E-state index in [1.165, 1.54) is 16.3 Å². The number of fused-ring (bicyclic) bond motifs is 1. The Morgan fingerprint density at radius 2 is 1.90 bits per heavy atom. The molecule has 3 aromatic rings. The summed E-state index contributed by atoms with van der Waals surface area (Å²) in [5.41, 5.74) is 1.21. The standard InChI is InChI=1S/C16H15BrN2O/c1-2-14(17)16-19-18-15(20-16)10-12-8-5-7-11-6-3-4-9-13(11)12/h3-9,14H,2,10H2,1H3. The first-order chi connectivity index (χ1) is 9.78. The molecule has 0 aliphatic carbocycles. The molecular weight excluding hydrogens is 316 g/mol. The third kappa shape index (κ3) is 2.61. The normalized spacial score (nSPS) is 12.7. The summed E-state index contributed by atoms with van der Waals surface area (Å²) < 4.78 is 5.72. The minimum Gasteiger partial charge on any atom is -0.424 e. The van der Waals surface area contributed by atoms with Crippen LogP contribution in [-0.4, -0.2) is 10.2 Å². The molecular formula is C16H15BrN2O. The molecule has 0 saturated heterocycles. The average molecular weight is 331 g/mol. The predicted molar refractivity (Wildman–Crippen MR) is 83.0 cm³/mol. The van der Waals surface area contributed by atoms with Crippen LogP contribution in [0.3, 0.4) is 0 Å². The number of alkyl halides is 1. The van der Waals surface area contributed by atoms with E-state index in [1.54, 1.807) is 0 Å². The van der Waals surface area contributed by atoms with Gasteiger partial charge in [0.05, 0.1) is 11.2 Å². The van der Waals surface area contributed by atoms with Crippen LogP contribution in [0.15, 0.2) is 46.9 Å². The second kappa shape index (κ2) is 5.75. The largest absolute Gasteiger partial charge is 0.424 e. The Hall–Kier alpha value is -1.68. The molecule has 0 amide bonds. The number of halogens is 1. The molecule has 102 valence electrons. The van der Waals surface area contributed by atoms with Crippen molar-refractivity contribution in [3.63, 3.8) is 0 Å². The number of nitrogens with zero attached hydrogens (tertiary/aromatic N) is 2. The molecule has 0 N–H and O–H groups in total. The molecule has 4 heteroatoms. The first kappa shape index (κ1) is 13.3. The molecule has 3 nitrogen and oxygen atoms in total. The van der Waals surface area contributed by atoms with Gasteiger partial charge in [0.2, 0.25) is 11.8 Å². The van der Waals surface area contributed by atoms with E-state index >= 15 is 0 Å². The van der Waals surface area contributed by atoms with Gasteiger partial charge in [-0.25, -0.2) is 0 Å². The highest BCUT2D eigenvalue weighted by Crippen LogP contribution is 2.26. The summed E-state index contributed by atoms with van der Waals surface area (Å²) in [6, 6.07) is 14.6. The average Bonchev–Trinajstić information content (AvgIpc) is 2.95. The lowest BCUT2D eigenvalue weighted by atomic mass is 10.0. The Bertz CT molecular complexity index is 718. The second-order valence-electron chi connectivity index (χ2n) is 4.72. The van der Waals surface area contributed by atoms with Crippen LogP contribution in [0.4, 0.5) is 0 Å². The van der Waals surface area contributed by atoms with Crippen LogP contribution >= 0.6 is 15.9 Å². The van der Waals surface area contributed by atoms with Gasteiger partial charge in [-0.1, -0.05) is 65.3 Å². The van der Waals surface area contributed by atoms with Crippen molar-refractivity contribution in [3.05, 3.63) is 59.8 Å². The Balaban J connectivity index is 1.91. The van der Waals surface area contributed by atoms with E-state index in [4.69, 9.17) is 4.42 Å². The molecule has 0 bridgehead atoms. The maximum Gasteiger partial charge on any atom is 0.230 e. The number of aromatic nitrogens is 2. The fourth-order valence-electron chi connectivity index (χ4n) is 2.25. The predicted octanol–water partition coefficient (Wildman–Crippen LogP) is 4.66. The van der Waals surface area contributed by atoms with E-state index < -0.39 is 0 Å². The zero-order valence-electron chi connectivity index (χ0n) is 11.2. The SMILES string of the molecule is CCC(Br)c1nnc(Cc2cccc3ccccc23)o1. The highest BCUT2D eigenvalue weighted by Gasteiger charge is 2.14. The van der Waals surface area contributed by atoms with Crippen molar-refractivity contribution in [2.75, 3.05) is 0 Å². The molecule has 2 aromatic carbocycles. The van der Waals surface area contributed by atoms with Gasteiger partial charge in [-0.15, -0.1) is 10.2 Å². The maximum atomic E-state index is 5.72. The summed E-state index contributed by atoms with van der Waals surface area (Å²) in [5.74, 6) is 1.32. The fraction of sp³-hybridized carbons (Fsp3) is 0.250. The second-order valence-corrected chi connectivity index (χ2v) is 5.83. The summed E-state index contributed by atoms with van der Waals surface area (Å²) in [6.45, 7) is 2.08. The van der Waals surface area contributed by atoms with Crippen LogP contribution in [0.2, 0.25) is 0 Å². The first-order valence-corrected chi connectivity index (χ1v) is 7.62. The number of benzene rings is 2. The minimum absolute atomic E-state index is 0.135. The van der Waals surface area contributed by atoms with Crippen molar-refractivity contribution in [1.29, 1.82) is 0 Å². The topological polar surface area (TPSA) is 38.9 Å². The van der Waals surface area contributed by atoms with Crippen LogP contribution in [0.5, 0.6) is 0 Å². The quantitative estimate of drug-likeness (QED) is 0.653. The first-order valence-electron chi connectivity index (χ1n) is 6.71. The Kier molecular flexibility index (Phi) is 3.83. The third-order valence-electron chi connectivity index (χ3n) is 3.33. The summed E-state index contributed by atoms with van der Waals surface area (Å²) in [4.78, 5) is 0.135. The summed E-state index contributed by atoms with van der Waals surface area (Å²) >= 11 is 3.53. The number of hydrogen-bond acceptors (Lipinski definition) is 3. The Morgan fingerprint density at radius 1 is 1.10 bits per heavy atom. The Labute approximate surface area is 126 Å². The molecule has 0 fully saturated rings. The molecule has 0 radical (unpaired) electrons. The van der Waals surface area contributed by atoms with Crippen molar-refractivity contribution in [3.8, 4) is 0 Å². The lowest BCUT2D eigenvalue weighted by molar-refractivity contribution is 0.454. The minimum atomic E-state index is 0.135. The van der Waals surface area contributed by atoms with Crippen LogP contribution in [0, 0.1) is 0 Å². The highest BCUT2D eigenvalue weighted by molar-refractivity contribution is 9.09. The van der Waals surface area contributed by atoms with Crippen LogP contribution in [0.1, 0.15) is 35.5 Å². The van der Waals surface area contributed by atoms with E-state index in [2.05, 4.69) is 69.4 Å². The zero-order valence-corrected chi connectivity index (χ0v) is 12.8. The van der Waals surface area contributed by atoms with Gasteiger partial charge in [-0.05, 0) is 22.8 Å². The Morgan fingerprint density at radius 3 is 2.75 bits per heavy atom. The van der Waals surface area contributed by atoms with Crippen LogP contribution < -0.4 is 0 Å². The smallest absolute Gasteiger partial charge is 0.230 e. The van der Waals surface area contributed by atoms with E-state index in [0.717, 1.165) is 6.42 Å². The van der Waals surface area contributed by atoms with Gasteiger partial charge in [-0.2, -0.15) is 0 Å². The molecule has 1 unspecified atom stereocenters. The van der Waals surface area contributed by atoms with Gasteiger partial charge in [0.1, 0.15) is 0 Å². The molecule has 0 saturated carbocycles. The maximum absolute atomic E-state index is 5.72. The van der Waals surface area contributed by atoms with Crippen molar-refractivity contribution >= 4 is 26.7 Å². The van der Waals surface area contributed by atoms with E-state index in [0.29, 0.717) is 18.2 Å². The lowest BCUT2D eigenvalue weighted by Crippen LogP contribution is -1.90. The molecule has 1 aromatic heterocycles. The van der Waals surface area contributed by atoms with Gasteiger partial charge in [0, 0.05) is 0 Å². The molecule has 0 aliphatic heterocycles. The van der Waals surface area contributed by atoms with Crippen molar-refractivity contribution in [2.45, 2.75) is 24.6 Å². The van der Waals surface area contributed by atoms with Crippen molar-refractivity contribution in [1.82, 2.24) is 10.2 Å². The van der Waals surface area contributed by atoms with E-state index in [9.17, 15) is 0 Å². The van der Waals surface area contributed by atoms with E-state index in [-0.39, 0.29) is 4.83 Å². The van der Waals surface area contributed by atoms with Gasteiger partial charge < -0.3 is 4.42 Å². The van der Waals surface area contributed by atoms with Crippen molar-refractivity contribution < 1.29 is 4.42 Å². The van der Waals surface area contributed by atoms with E-state index in [1.807, 2.05) is 6.07 Å². The zero-order chi connectivity index (χ0) is 13.9. The molecule has 1 atom stereocenters. The third-order valence-corrected chi connectivity index (χ3v) is 4.37. The number of hydrogen-bond donors (Lipinski definition) is 0. The summed E-state index contributed by atoms with van der Waals surface area (Å²) in [5, 5.41) is 10.7. The lowest BCUT2D eigenvalue weighted by Gasteiger charge is -2.04. The van der Waals surface area contributed by atoms with Gasteiger partial charge in [-0.3, -0.25) is 0 Å².